The van der Waals surface area contributed by atoms with Crippen molar-refractivity contribution in [2.24, 2.45) is 5.92 Å². The molecule has 0 aromatic heterocycles. The Hall–Kier alpha value is -1.76. The highest BCUT2D eigenvalue weighted by atomic mass is 19.4. The minimum absolute atomic E-state index is 0.167. The molecule has 4 nitrogen and oxygen atoms in total. The largest absolute Gasteiger partial charge is 0.493 e. The fourth-order valence-corrected chi connectivity index (χ4v) is 3.16. The van der Waals surface area contributed by atoms with E-state index in [9.17, 15) is 18.0 Å². The lowest BCUT2D eigenvalue weighted by Gasteiger charge is -2.26. The summed E-state index contributed by atoms with van der Waals surface area (Å²) in [5.41, 5.74) is 0.778. The zero-order valence-corrected chi connectivity index (χ0v) is 12.4. The number of benzene rings is 1. The molecule has 23 heavy (non-hydrogen) atoms. The van der Waals surface area contributed by atoms with Gasteiger partial charge in [0.25, 0.3) is 0 Å². The van der Waals surface area contributed by atoms with E-state index in [1.54, 1.807) is 0 Å². The first kappa shape index (κ1) is 16.1. The van der Waals surface area contributed by atoms with Crippen molar-refractivity contribution >= 4 is 5.97 Å². The maximum Gasteiger partial charge on any atom is 0.411 e. The summed E-state index contributed by atoms with van der Waals surface area (Å²) in [6, 6.07) is 7.61. The second-order valence-electron chi connectivity index (χ2n) is 5.84. The number of hydrogen-bond acceptors (Lipinski definition) is 4. The smallest absolute Gasteiger partial charge is 0.411 e. The molecule has 1 aromatic carbocycles. The molecule has 1 spiro atoms. The van der Waals surface area contributed by atoms with Crippen molar-refractivity contribution in [1.82, 2.24) is 0 Å². The number of alkyl halides is 3. The van der Waals surface area contributed by atoms with Gasteiger partial charge in [0.15, 0.2) is 0 Å². The Morgan fingerprint density at radius 3 is 2.87 bits per heavy atom. The van der Waals surface area contributed by atoms with E-state index < -0.39 is 12.8 Å². The summed E-state index contributed by atoms with van der Waals surface area (Å²) in [5.74, 6) is 0.162. The minimum Gasteiger partial charge on any atom is -0.493 e. The fraction of sp³-hybridized carbons (Fsp3) is 0.562. The van der Waals surface area contributed by atoms with Gasteiger partial charge in [-0.1, -0.05) is 18.2 Å². The van der Waals surface area contributed by atoms with Crippen molar-refractivity contribution in [2.45, 2.75) is 24.4 Å². The van der Waals surface area contributed by atoms with Crippen LogP contribution >= 0.6 is 0 Å². The Labute approximate surface area is 131 Å². The molecule has 1 fully saturated rings. The van der Waals surface area contributed by atoms with Gasteiger partial charge >= 0.3 is 12.1 Å². The maximum atomic E-state index is 12.1. The van der Waals surface area contributed by atoms with Crippen LogP contribution in [0.15, 0.2) is 24.3 Å². The summed E-state index contributed by atoms with van der Waals surface area (Å²) in [6.07, 6.45) is -2.93. The number of carbonyl (C=O) groups is 1. The quantitative estimate of drug-likeness (QED) is 0.615. The molecule has 2 aliphatic rings. The van der Waals surface area contributed by atoms with Crippen LogP contribution in [0.3, 0.4) is 0 Å². The molecule has 0 amide bonds. The number of rotatable bonds is 5. The van der Waals surface area contributed by atoms with Crippen LogP contribution in [0.2, 0.25) is 0 Å². The molecule has 7 heteroatoms. The molecule has 0 unspecified atom stereocenters. The van der Waals surface area contributed by atoms with E-state index >= 15 is 0 Å². The van der Waals surface area contributed by atoms with E-state index in [0.29, 0.717) is 13.0 Å². The molecule has 0 bridgehead atoms. The molecule has 3 rings (SSSR count). The third-order valence-electron chi connectivity index (χ3n) is 4.33. The van der Waals surface area contributed by atoms with Crippen molar-refractivity contribution in [3.8, 4) is 5.75 Å². The van der Waals surface area contributed by atoms with Crippen LogP contribution in [-0.4, -0.2) is 38.6 Å². The van der Waals surface area contributed by atoms with Crippen molar-refractivity contribution in [1.29, 1.82) is 0 Å². The molecule has 126 valence electrons. The fourth-order valence-electron chi connectivity index (χ4n) is 3.16. The molecule has 0 N–H and O–H groups in total. The van der Waals surface area contributed by atoms with Crippen LogP contribution in [0.5, 0.6) is 5.75 Å². The molecule has 1 heterocycles. The zero-order chi connectivity index (χ0) is 16.5. The average molecular weight is 330 g/mol. The standard InChI is InChI=1S/C16H17F3O4/c17-16(18,19)10-21-7-8-23-14(20)12-9-15(12)5-6-22-13-4-2-1-3-11(13)15/h1-4,12H,5-10H2/t12-,15+/m1/s1. The SMILES string of the molecule is O=C(OCCOCC(F)(F)F)[C@H]1C[C@]12CCOc1ccccc12. The van der Waals surface area contributed by atoms with E-state index in [0.717, 1.165) is 17.7 Å². The Morgan fingerprint density at radius 1 is 1.30 bits per heavy atom. The van der Waals surface area contributed by atoms with Gasteiger partial charge in [0.2, 0.25) is 0 Å². The van der Waals surface area contributed by atoms with Crippen LogP contribution in [-0.2, 0) is 19.7 Å². The Morgan fingerprint density at radius 2 is 2.09 bits per heavy atom. The van der Waals surface area contributed by atoms with E-state index in [4.69, 9.17) is 9.47 Å². The second-order valence-corrected chi connectivity index (χ2v) is 5.84. The zero-order valence-electron chi connectivity index (χ0n) is 12.4. The van der Waals surface area contributed by atoms with Crippen LogP contribution < -0.4 is 4.74 Å². The van der Waals surface area contributed by atoms with Gasteiger partial charge in [0.05, 0.1) is 19.1 Å². The van der Waals surface area contributed by atoms with Gasteiger partial charge in [0.1, 0.15) is 19.0 Å². The minimum atomic E-state index is -4.36. The van der Waals surface area contributed by atoms with Gasteiger partial charge in [0, 0.05) is 11.0 Å². The third kappa shape index (κ3) is 3.44. The van der Waals surface area contributed by atoms with Crippen molar-refractivity contribution in [3.63, 3.8) is 0 Å². The van der Waals surface area contributed by atoms with Gasteiger partial charge < -0.3 is 14.2 Å². The van der Waals surface area contributed by atoms with Crippen LogP contribution in [0.25, 0.3) is 0 Å². The summed E-state index contributed by atoms with van der Waals surface area (Å²) in [6.45, 7) is -1.21. The maximum absolute atomic E-state index is 12.1. The summed E-state index contributed by atoms with van der Waals surface area (Å²) in [7, 11) is 0. The summed E-state index contributed by atoms with van der Waals surface area (Å²) < 4.78 is 50.8. The second kappa shape index (κ2) is 6.03. The van der Waals surface area contributed by atoms with Crippen LogP contribution in [0, 0.1) is 5.92 Å². The summed E-state index contributed by atoms with van der Waals surface area (Å²) >= 11 is 0. The van der Waals surface area contributed by atoms with E-state index in [1.165, 1.54) is 0 Å². The highest BCUT2D eigenvalue weighted by Crippen LogP contribution is 2.60. The van der Waals surface area contributed by atoms with Crippen molar-refractivity contribution < 1.29 is 32.2 Å². The van der Waals surface area contributed by atoms with Crippen molar-refractivity contribution in [2.75, 3.05) is 26.4 Å². The lowest BCUT2D eigenvalue weighted by molar-refractivity contribution is -0.177. The molecule has 1 aromatic rings. The Kier molecular flexibility index (Phi) is 4.23. The highest BCUT2D eigenvalue weighted by molar-refractivity contribution is 5.80. The predicted molar refractivity (Wildman–Crippen MR) is 74.2 cm³/mol. The highest BCUT2D eigenvalue weighted by Gasteiger charge is 2.61. The van der Waals surface area contributed by atoms with E-state index in [2.05, 4.69) is 4.74 Å². The number of para-hydroxylation sites is 1. The number of ether oxygens (including phenoxy) is 3. The van der Waals surface area contributed by atoms with Crippen LogP contribution in [0.1, 0.15) is 18.4 Å². The number of hydrogen-bond donors (Lipinski definition) is 0. The van der Waals surface area contributed by atoms with Crippen LogP contribution in [0.4, 0.5) is 13.2 Å². The Bertz CT molecular complexity index is 587. The lowest BCUT2D eigenvalue weighted by atomic mass is 9.87. The van der Waals surface area contributed by atoms with Gasteiger partial charge in [-0.05, 0) is 18.9 Å². The van der Waals surface area contributed by atoms with E-state index in [-0.39, 0.29) is 30.5 Å². The normalized spacial score (nSPS) is 25.6. The molecule has 0 radical (unpaired) electrons. The topological polar surface area (TPSA) is 44.8 Å². The monoisotopic (exact) mass is 330 g/mol. The first-order valence-electron chi connectivity index (χ1n) is 7.46. The van der Waals surface area contributed by atoms with Gasteiger partial charge in [-0.3, -0.25) is 4.79 Å². The number of carbonyl (C=O) groups excluding carboxylic acids is 1. The molecule has 1 aliphatic carbocycles. The lowest BCUT2D eigenvalue weighted by Crippen LogP contribution is -2.25. The number of halogens is 3. The first-order valence-corrected chi connectivity index (χ1v) is 7.46. The van der Waals surface area contributed by atoms with Crippen molar-refractivity contribution in [3.05, 3.63) is 29.8 Å². The molecular weight excluding hydrogens is 313 g/mol. The molecule has 1 aliphatic heterocycles. The number of esters is 1. The molecule has 2 atom stereocenters. The van der Waals surface area contributed by atoms with Gasteiger partial charge in [-0.2, -0.15) is 13.2 Å². The average Bonchev–Trinajstić information content (AvgIpc) is 3.21. The summed E-state index contributed by atoms with van der Waals surface area (Å²) in [5, 5.41) is 0. The van der Waals surface area contributed by atoms with E-state index in [1.807, 2.05) is 24.3 Å². The number of fused-ring (bicyclic) bond motifs is 2. The first-order chi connectivity index (χ1) is 10.9. The summed E-state index contributed by atoms with van der Waals surface area (Å²) in [4.78, 5) is 12.1. The third-order valence-corrected chi connectivity index (χ3v) is 4.33. The van der Waals surface area contributed by atoms with Gasteiger partial charge in [-0.25, -0.2) is 0 Å². The molecular formula is C16H17F3O4. The molecule has 0 saturated heterocycles. The van der Waals surface area contributed by atoms with Gasteiger partial charge in [-0.15, -0.1) is 0 Å². The predicted octanol–water partition coefficient (Wildman–Crippen LogP) is 2.85. The molecule has 1 saturated carbocycles. The Balaban J connectivity index is 1.50.